The maximum Gasteiger partial charge on any atom is 0.234 e. The highest BCUT2D eigenvalue weighted by Gasteiger charge is 2.26. The summed E-state index contributed by atoms with van der Waals surface area (Å²) in [6, 6.07) is 8.50. The fourth-order valence-corrected chi connectivity index (χ4v) is 3.58. The van der Waals surface area contributed by atoms with Crippen molar-refractivity contribution in [2.75, 3.05) is 19.6 Å². The summed E-state index contributed by atoms with van der Waals surface area (Å²) in [5.74, 6) is 0.389. The average Bonchev–Trinajstić information content (AvgIpc) is 2.59. The number of nitrogens with one attached hydrogen (secondary N) is 1. The third kappa shape index (κ3) is 5.56. The molecule has 3 N–H and O–H groups in total. The lowest BCUT2D eigenvalue weighted by Crippen LogP contribution is -2.46. The first kappa shape index (κ1) is 20.4. The zero-order valence-electron chi connectivity index (χ0n) is 16.5. The number of carbonyl (C=O) groups is 2. The van der Waals surface area contributed by atoms with Gasteiger partial charge in [-0.15, -0.1) is 0 Å². The quantitative estimate of drug-likeness (QED) is 0.786. The molecule has 0 saturated carbocycles. The van der Waals surface area contributed by atoms with Crippen LogP contribution in [0.2, 0.25) is 0 Å². The van der Waals surface area contributed by atoms with Gasteiger partial charge in [0.1, 0.15) is 0 Å². The summed E-state index contributed by atoms with van der Waals surface area (Å²) in [4.78, 5) is 26.0. The number of likely N-dealkylation sites (tertiary alicyclic amines) is 1. The molecule has 2 atom stereocenters. The fraction of sp³-hybridized carbons (Fsp3) is 0.619. The van der Waals surface area contributed by atoms with Crippen LogP contribution in [-0.2, 0) is 9.59 Å². The van der Waals surface area contributed by atoms with Gasteiger partial charge in [-0.3, -0.25) is 14.5 Å². The number of nitrogens with zero attached hydrogens (tertiary/aromatic N) is 1. The van der Waals surface area contributed by atoms with E-state index in [0.29, 0.717) is 24.9 Å². The van der Waals surface area contributed by atoms with E-state index in [9.17, 15) is 9.59 Å². The Hall–Kier alpha value is -1.88. The van der Waals surface area contributed by atoms with Gasteiger partial charge in [0.15, 0.2) is 0 Å². The number of primary amides is 1. The first-order chi connectivity index (χ1) is 12.3. The standard InChI is InChI=1S/C21H33N3O2/c1-14(2)16-7-9-17(10-8-16)20(15(3)4)23-19(25)13-24-11-5-6-18(12-24)21(22)26/h7-10,14-15,18,20H,5-6,11-13H2,1-4H3,(H2,22,26)(H,23,25)/t18-,20+/m0/s1. The van der Waals surface area contributed by atoms with Gasteiger partial charge in [-0.2, -0.15) is 0 Å². The smallest absolute Gasteiger partial charge is 0.234 e. The molecular formula is C21H33N3O2. The molecule has 144 valence electrons. The summed E-state index contributed by atoms with van der Waals surface area (Å²) in [7, 11) is 0. The second kappa shape index (κ2) is 9.17. The normalized spacial score (nSPS) is 19.5. The fourth-order valence-electron chi connectivity index (χ4n) is 3.58. The second-order valence-corrected chi connectivity index (χ2v) is 8.09. The molecule has 1 aromatic rings. The first-order valence-electron chi connectivity index (χ1n) is 9.68. The van der Waals surface area contributed by atoms with E-state index >= 15 is 0 Å². The van der Waals surface area contributed by atoms with Crippen molar-refractivity contribution in [3.05, 3.63) is 35.4 Å². The molecule has 2 amide bonds. The number of hydrogen-bond acceptors (Lipinski definition) is 3. The van der Waals surface area contributed by atoms with Gasteiger partial charge in [0.2, 0.25) is 11.8 Å². The molecule has 1 fully saturated rings. The van der Waals surface area contributed by atoms with Gasteiger partial charge >= 0.3 is 0 Å². The molecule has 0 spiro atoms. The van der Waals surface area contributed by atoms with Crippen LogP contribution in [0.3, 0.4) is 0 Å². The van der Waals surface area contributed by atoms with E-state index < -0.39 is 0 Å². The second-order valence-electron chi connectivity index (χ2n) is 8.09. The number of benzene rings is 1. The molecule has 1 aliphatic rings. The molecule has 1 aliphatic heterocycles. The van der Waals surface area contributed by atoms with E-state index in [2.05, 4.69) is 57.3 Å². The molecule has 0 radical (unpaired) electrons. The summed E-state index contributed by atoms with van der Waals surface area (Å²) < 4.78 is 0. The Labute approximate surface area is 157 Å². The molecule has 5 heteroatoms. The van der Waals surface area contributed by atoms with Crippen molar-refractivity contribution >= 4 is 11.8 Å². The Bertz CT molecular complexity index is 610. The molecule has 0 unspecified atom stereocenters. The lowest BCUT2D eigenvalue weighted by molar-refractivity contribution is -0.127. The Morgan fingerprint density at radius 2 is 1.77 bits per heavy atom. The average molecular weight is 360 g/mol. The van der Waals surface area contributed by atoms with Crippen molar-refractivity contribution < 1.29 is 9.59 Å². The number of hydrogen-bond donors (Lipinski definition) is 2. The molecule has 1 saturated heterocycles. The van der Waals surface area contributed by atoms with Crippen LogP contribution in [0.1, 0.15) is 63.6 Å². The first-order valence-corrected chi connectivity index (χ1v) is 9.68. The third-order valence-corrected chi connectivity index (χ3v) is 5.22. The van der Waals surface area contributed by atoms with E-state index in [4.69, 9.17) is 5.73 Å². The Kier molecular flexibility index (Phi) is 7.21. The topological polar surface area (TPSA) is 75.4 Å². The number of amides is 2. The van der Waals surface area contributed by atoms with E-state index in [1.54, 1.807) is 0 Å². The van der Waals surface area contributed by atoms with Gasteiger partial charge in [-0.05, 0) is 42.3 Å². The summed E-state index contributed by atoms with van der Waals surface area (Å²) in [6.07, 6.45) is 1.73. The lowest BCUT2D eigenvalue weighted by atomic mass is 9.93. The number of piperidine rings is 1. The number of rotatable bonds is 7. The van der Waals surface area contributed by atoms with Crippen LogP contribution in [0.25, 0.3) is 0 Å². The van der Waals surface area contributed by atoms with Crippen molar-refractivity contribution in [2.24, 2.45) is 17.6 Å². The van der Waals surface area contributed by atoms with E-state index in [1.807, 2.05) is 4.90 Å². The highest BCUT2D eigenvalue weighted by Crippen LogP contribution is 2.24. The van der Waals surface area contributed by atoms with Gasteiger partial charge in [-0.25, -0.2) is 0 Å². The van der Waals surface area contributed by atoms with Gasteiger partial charge in [0, 0.05) is 6.54 Å². The monoisotopic (exact) mass is 359 g/mol. The predicted molar refractivity (Wildman–Crippen MR) is 105 cm³/mol. The minimum atomic E-state index is -0.264. The van der Waals surface area contributed by atoms with E-state index in [0.717, 1.165) is 24.9 Å². The zero-order chi connectivity index (χ0) is 19.3. The van der Waals surface area contributed by atoms with Crippen LogP contribution in [0.4, 0.5) is 0 Å². The molecule has 2 rings (SSSR count). The van der Waals surface area contributed by atoms with Crippen molar-refractivity contribution in [1.29, 1.82) is 0 Å². The Balaban J connectivity index is 1.98. The minimum absolute atomic E-state index is 0.00163. The lowest BCUT2D eigenvalue weighted by Gasteiger charge is -2.31. The Morgan fingerprint density at radius 1 is 1.15 bits per heavy atom. The SMILES string of the molecule is CC(C)c1ccc([C@H](NC(=O)CN2CCC[C@H](C(N)=O)C2)C(C)C)cc1. The van der Waals surface area contributed by atoms with Crippen LogP contribution in [-0.4, -0.2) is 36.3 Å². The summed E-state index contributed by atoms with van der Waals surface area (Å²) >= 11 is 0. The number of nitrogens with two attached hydrogens (primary N) is 1. The van der Waals surface area contributed by atoms with Crippen molar-refractivity contribution in [3.8, 4) is 0 Å². The molecule has 0 aromatic heterocycles. The summed E-state index contributed by atoms with van der Waals surface area (Å²) in [5.41, 5.74) is 7.85. The highest BCUT2D eigenvalue weighted by atomic mass is 16.2. The largest absolute Gasteiger partial charge is 0.369 e. The summed E-state index contributed by atoms with van der Waals surface area (Å²) in [5, 5.41) is 3.18. The molecule has 0 bridgehead atoms. The molecule has 5 nitrogen and oxygen atoms in total. The highest BCUT2D eigenvalue weighted by molar-refractivity contribution is 5.79. The van der Waals surface area contributed by atoms with Crippen LogP contribution in [0, 0.1) is 11.8 Å². The molecule has 0 aliphatic carbocycles. The van der Waals surface area contributed by atoms with Crippen LogP contribution in [0.15, 0.2) is 24.3 Å². The van der Waals surface area contributed by atoms with Crippen LogP contribution < -0.4 is 11.1 Å². The maximum absolute atomic E-state index is 12.6. The maximum atomic E-state index is 12.6. The van der Waals surface area contributed by atoms with E-state index in [-0.39, 0.29) is 23.8 Å². The van der Waals surface area contributed by atoms with Crippen molar-refractivity contribution in [3.63, 3.8) is 0 Å². The molecule has 26 heavy (non-hydrogen) atoms. The zero-order valence-corrected chi connectivity index (χ0v) is 16.5. The minimum Gasteiger partial charge on any atom is -0.369 e. The summed E-state index contributed by atoms with van der Waals surface area (Å²) in [6.45, 7) is 10.3. The van der Waals surface area contributed by atoms with Gasteiger partial charge in [-0.1, -0.05) is 52.0 Å². The van der Waals surface area contributed by atoms with Crippen molar-refractivity contribution in [2.45, 2.75) is 52.5 Å². The predicted octanol–water partition coefficient (Wildman–Crippen LogP) is 2.82. The molecule has 1 heterocycles. The van der Waals surface area contributed by atoms with Crippen LogP contribution >= 0.6 is 0 Å². The number of carbonyl (C=O) groups excluding carboxylic acids is 2. The van der Waals surface area contributed by atoms with Crippen LogP contribution in [0.5, 0.6) is 0 Å². The Morgan fingerprint density at radius 3 is 2.31 bits per heavy atom. The van der Waals surface area contributed by atoms with Crippen molar-refractivity contribution in [1.82, 2.24) is 10.2 Å². The third-order valence-electron chi connectivity index (χ3n) is 5.22. The van der Waals surface area contributed by atoms with Gasteiger partial charge < -0.3 is 11.1 Å². The van der Waals surface area contributed by atoms with Gasteiger partial charge in [0.25, 0.3) is 0 Å². The van der Waals surface area contributed by atoms with E-state index in [1.165, 1.54) is 5.56 Å². The van der Waals surface area contributed by atoms with Gasteiger partial charge in [0.05, 0.1) is 18.5 Å². The molecule has 1 aromatic carbocycles. The molecular weight excluding hydrogens is 326 g/mol.